The Morgan fingerprint density at radius 1 is 1.18 bits per heavy atom. The van der Waals surface area contributed by atoms with Crippen molar-refractivity contribution in [3.63, 3.8) is 0 Å². The molecule has 0 radical (unpaired) electrons. The third-order valence-corrected chi connectivity index (χ3v) is 4.50. The fraction of sp³-hybridized carbons (Fsp3) is 0.125. The highest BCUT2D eigenvalue weighted by molar-refractivity contribution is 9.10. The van der Waals surface area contributed by atoms with Crippen molar-refractivity contribution in [3.05, 3.63) is 58.6 Å². The predicted octanol–water partition coefficient (Wildman–Crippen LogP) is 4.54. The largest absolute Gasteiger partial charge is 0.496 e. The van der Waals surface area contributed by atoms with Gasteiger partial charge in [0, 0.05) is 21.4 Å². The second-order valence-corrected chi connectivity index (χ2v) is 6.44. The molecule has 1 heterocycles. The molecule has 0 aliphatic carbocycles. The Kier molecular flexibility index (Phi) is 4.80. The predicted molar refractivity (Wildman–Crippen MR) is 92.1 cm³/mol. The molecule has 4 nitrogen and oxygen atoms in total. The van der Waals surface area contributed by atoms with Crippen molar-refractivity contribution in [3.8, 4) is 17.1 Å². The maximum atomic E-state index is 5.38. The Hall–Kier alpha value is -1.79. The number of methoxy groups -OCH3 is 1. The fourth-order valence-corrected chi connectivity index (χ4v) is 3.22. The lowest BCUT2D eigenvalue weighted by Gasteiger charge is -2.07. The van der Waals surface area contributed by atoms with Gasteiger partial charge in [-0.1, -0.05) is 58.0 Å². The molecule has 0 unspecified atom stereocenters. The van der Waals surface area contributed by atoms with E-state index in [9.17, 15) is 0 Å². The van der Waals surface area contributed by atoms with Crippen LogP contribution in [0.3, 0.4) is 0 Å². The van der Waals surface area contributed by atoms with Crippen LogP contribution in [0, 0.1) is 0 Å². The van der Waals surface area contributed by atoms with Crippen LogP contribution in [0.4, 0.5) is 0 Å². The van der Waals surface area contributed by atoms with Crippen LogP contribution >= 0.6 is 27.7 Å². The van der Waals surface area contributed by atoms with Gasteiger partial charge in [0.15, 0.2) is 5.82 Å². The monoisotopic (exact) mass is 375 g/mol. The summed E-state index contributed by atoms with van der Waals surface area (Å²) in [7, 11) is 1.68. The molecule has 3 rings (SSSR count). The minimum atomic E-state index is 0.723. The molecular weight excluding hydrogens is 362 g/mol. The number of thioether (sulfide) groups is 1. The molecule has 0 aliphatic heterocycles. The molecule has 112 valence electrons. The minimum Gasteiger partial charge on any atom is -0.496 e. The van der Waals surface area contributed by atoms with Crippen molar-refractivity contribution in [1.82, 2.24) is 15.2 Å². The number of hydrogen-bond donors (Lipinski definition) is 1. The van der Waals surface area contributed by atoms with Gasteiger partial charge in [0.05, 0.1) is 7.11 Å². The zero-order valence-corrected chi connectivity index (χ0v) is 14.3. The summed E-state index contributed by atoms with van der Waals surface area (Å²) in [5, 5.41) is 7.96. The fourth-order valence-electron chi connectivity index (χ4n) is 2.04. The summed E-state index contributed by atoms with van der Waals surface area (Å²) in [5.41, 5.74) is 2.13. The lowest BCUT2D eigenvalue weighted by Crippen LogP contribution is -1.90. The molecule has 0 bridgehead atoms. The van der Waals surface area contributed by atoms with Crippen LogP contribution in [0.25, 0.3) is 11.4 Å². The van der Waals surface area contributed by atoms with Gasteiger partial charge in [-0.3, -0.25) is 5.10 Å². The summed E-state index contributed by atoms with van der Waals surface area (Å²) in [4.78, 5) is 4.52. The lowest BCUT2D eigenvalue weighted by atomic mass is 10.2. The van der Waals surface area contributed by atoms with E-state index >= 15 is 0 Å². The lowest BCUT2D eigenvalue weighted by molar-refractivity contribution is 0.411. The molecule has 3 aromatic rings. The van der Waals surface area contributed by atoms with Gasteiger partial charge < -0.3 is 4.74 Å². The summed E-state index contributed by atoms with van der Waals surface area (Å²) in [6.07, 6.45) is 0. The molecule has 0 spiro atoms. The van der Waals surface area contributed by atoms with Gasteiger partial charge >= 0.3 is 0 Å². The van der Waals surface area contributed by atoms with Crippen LogP contribution in [-0.4, -0.2) is 22.3 Å². The normalized spacial score (nSPS) is 10.6. The first kappa shape index (κ1) is 15.1. The molecule has 0 fully saturated rings. The van der Waals surface area contributed by atoms with Crippen LogP contribution in [-0.2, 0) is 5.75 Å². The second kappa shape index (κ2) is 6.98. The number of aromatic nitrogens is 3. The zero-order valence-electron chi connectivity index (χ0n) is 11.9. The minimum absolute atomic E-state index is 0.723. The highest BCUT2D eigenvalue weighted by Gasteiger charge is 2.09. The number of hydrogen-bond acceptors (Lipinski definition) is 4. The standard InChI is InChI=1S/C16H14BrN3OS/c1-21-14-8-7-13(17)9-12(14)10-22-16-18-15(19-20-16)11-5-3-2-4-6-11/h2-9H,10H2,1H3,(H,18,19,20). The number of aromatic amines is 1. The summed E-state index contributed by atoms with van der Waals surface area (Å²) >= 11 is 5.06. The van der Waals surface area contributed by atoms with Crippen molar-refractivity contribution < 1.29 is 4.74 Å². The first-order valence-electron chi connectivity index (χ1n) is 6.69. The van der Waals surface area contributed by atoms with E-state index in [1.165, 1.54) is 0 Å². The highest BCUT2D eigenvalue weighted by atomic mass is 79.9. The molecule has 1 aromatic heterocycles. The molecule has 1 N–H and O–H groups in total. The third kappa shape index (κ3) is 3.51. The Labute approximate surface area is 141 Å². The Morgan fingerprint density at radius 2 is 2.00 bits per heavy atom. The van der Waals surface area contributed by atoms with E-state index < -0.39 is 0 Å². The number of rotatable bonds is 5. The smallest absolute Gasteiger partial charge is 0.209 e. The molecule has 0 amide bonds. The van der Waals surface area contributed by atoms with E-state index in [1.807, 2.05) is 42.5 Å². The SMILES string of the molecule is COc1ccc(Br)cc1CSc1n[nH]c(-c2ccccc2)n1. The quantitative estimate of drug-likeness (QED) is 0.665. The molecule has 0 saturated carbocycles. The summed E-state index contributed by atoms with van der Waals surface area (Å²) in [6, 6.07) is 15.9. The van der Waals surface area contributed by atoms with Crippen LogP contribution in [0.15, 0.2) is 58.2 Å². The van der Waals surface area contributed by atoms with Crippen molar-refractivity contribution in [2.24, 2.45) is 0 Å². The van der Waals surface area contributed by atoms with Crippen molar-refractivity contribution in [2.45, 2.75) is 10.9 Å². The number of H-pyrrole nitrogens is 1. The van der Waals surface area contributed by atoms with Crippen LogP contribution in [0.1, 0.15) is 5.56 Å². The molecule has 22 heavy (non-hydrogen) atoms. The van der Waals surface area contributed by atoms with E-state index in [4.69, 9.17) is 4.74 Å². The van der Waals surface area contributed by atoms with Crippen molar-refractivity contribution in [2.75, 3.05) is 7.11 Å². The molecule has 0 saturated heterocycles. The molecule has 0 atom stereocenters. The van der Waals surface area contributed by atoms with E-state index in [2.05, 4.69) is 37.2 Å². The number of nitrogens with zero attached hydrogens (tertiary/aromatic N) is 2. The first-order chi connectivity index (χ1) is 10.8. The molecular formula is C16H14BrN3OS. The second-order valence-electron chi connectivity index (χ2n) is 4.58. The van der Waals surface area contributed by atoms with Gasteiger partial charge in [0.25, 0.3) is 0 Å². The van der Waals surface area contributed by atoms with Gasteiger partial charge in [-0.25, -0.2) is 4.98 Å². The molecule has 0 aliphatic rings. The van der Waals surface area contributed by atoms with Gasteiger partial charge in [0.1, 0.15) is 5.75 Å². The highest BCUT2D eigenvalue weighted by Crippen LogP contribution is 2.29. The van der Waals surface area contributed by atoms with Crippen LogP contribution in [0.2, 0.25) is 0 Å². The number of ether oxygens (including phenoxy) is 1. The Morgan fingerprint density at radius 3 is 2.77 bits per heavy atom. The van der Waals surface area contributed by atoms with Crippen LogP contribution < -0.4 is 4.74 Å². The van der Waals surface area contributed by atoms with E-state index in [0.717, 1.165) is 38.1 Å². The maximum Gasteiger partial charge on any atom is 0.209 e. The number of halogens is 1. The van der Waals surface area contributed by atoms with Gasteiger partial charge in [-0.15, -0.1) is 5.10 Å². The summed E-state index contributed by atoms with van der Waals surface area (Å²) in [6.45, 7) is 0. The molecule has 2 aromatic carbocycles. The molecule has 6 heteroatoms. The number of nitrogens with one attached hydrogen (secondary N) is 1. The number of benzene rings is 2. The Bertz CT molecular complexity index is 761. The summed E-state index contributed by atoms with van der Waals surface area (Å²) in [5.74, 6) is 2.40. The van der Waals surface area contributed by atoms with Crippen molar-refractivity contribution >= 4 is 27.7 Å². The van der Waals surface area contributed by atoms with Crippen molar-refractivity contribution in [1.29, 1.82) is 0 Å². The van der Waals surface area contributed by atoms with E-state index in [0.29, 0.717) is 0 Å². The van der Waals surface area contributed by atoms with Gasteiger partial charge in [-0.05, 0) is 18.2 Å². The van der Waals surface area contributed by atoms with Gasteiger partial charge in [-0.2, -0.15) is 0 Å². The zero-order chi connectivity index (χ0) is 15.4. The summed E-state index contributed by atoms with van der Waals surface area (Å²) < 4.78 is 6.41. The van der Waals surface area contributed by atoms with Gasteiger partial charge in [0.2, 0.25) is 5.16 Å². The average Bonchev–Trinajstić information content (AvgIpc) is 3.03. The topological polar surface area (TPSA) is 50.8 Å². The third-order valence-electron chi connectivity index (χ3n) is 3.11. The van der Waals surface area contributed by atoms with E-state index in [1.54, 1.807) is 18.9 Å². The van der Waals surface area contributed by atoms with Crippen LogP contribution in [0.5, 0.6) is 5.75 Å². The van der Waals surface area contributed by atoms with E-state index in [-0.39, 0.29) is 0 Å². The Balaban J connectivity index is 1.73. The average molecular weight is 376 g/mol. The maximum absolute atomic E-state index is 5.38. The first-order valence-corrected chi connectivity index (χ1v) is 8.47.